The number of hydrogen-bond donors (Lipinski definition) is 3. The topological polar surface area (TPSA) is 40.5 Å². The van der Waals surface area contributed by atoms with E-state index in [0.717, 1.165) is 12.8 Å². The van der Waals surface area contributed by atoms with E-state index in [-0.39, 0.29) is 0 Å². The van der Waals surface area contributed by atoms with Gasteiger partial charge in [0.2, 0.25) is 0 Å². The Kier molecular flexibility index (Phi) is 14.9. The fourth-order valence-corrected chi connectivity index (χ4v) is 2.74. The lowest BCUT2D eigenvalue weighted by Gasteiger charge is -2.10. The Labute approximate surface area is 125 Å². The Morgan fingerprint density at radius 2 is 1.16 bits per heavy atom. The number of rotatable bonds is 14. The summed E-state index contributed by atoms with van der Waals surface area (Å²) in [4.78, 5) is 0. The Hall–Kier alpha value is 0.270. The number of aliphatic hydroxyl groups excluding tert-OH is 1. The predicted octanol–water partition coefficient (Wildman–Crippen LogP) is 4.69. The lowest BCUT2D eigenvalue weighted by atomic mass is 10.0. The molecule has 0 heterocycles. The largest absolute Gasteiger partial charge is 0.368 e. The molecule has 2 N–H and O–H groups in total. The van der Waals surface area contributed by atoms with Gasteiger partial charge in [0.1, 0.15) is 0 Å². The van der Waals surface area contributed by atoms with Crippen LogP contribution in [0.25, 0.3) is 0 Å². The molecule has 0 rings (SSSR count). The first kappa shape index (κ1) is 19.3. The van der Waals surface area contributed by atoms with Crippen molar-refractivity contribution in [2.24, 2.45) is 0 Å². The molecule has 0 saturated carbocycles. The van der Waals surface area contributed by atoms with Gasteiger partial charge in [-0.2, -0.15) is 12.6 Å². The van der Waals surface area contributed by atoms with Gasteiger partial charge in [-0.25, -0.2) is 0 Å². The molecule has 1 unspecified atom stereocenters. The van der Waals surface area contributed by atoms with Gasteiger partial charge in [-0.05, 0) is 25.7 Å². The van der Waals surface area contributed by atoms with E-state index >= 15 is 0 Å². The zero-order chi connectivity index (χ0) is 14.3. The molecule has 0 aliphatic rings. The fraction of sp³-hybridized carbons (Fsp3) is 1.00. The third-order valence-electron chi connectivity index (χ3n) is 3.64. The fourth-order valence-electron chi connectivity index (χ4n) is 2.37. The third kappa shape index (κ3) is 16.2. The summed E-state index contributed by atoms with van der Waals surface area (Å²) in [5.41, 5.74) is 0. The summed E-state index contributed by atoms with van der Waals surface area (Å²) >= 11 is 4.55. The van der Waals surface area contributed by atoms with Gasteiger partial charge in [-0.15, -0.1) is 0 Å². The molecule has 0 fully saturated rings. The highest BCUT2D eigenvalue weighted by Crippen LogP contribution is 2.17. The zero-order valence-corrected chi connectivity index (χ0v) is 13.6. The van der Waals surface area contributed by atoms with Gasteiger partial charge in [0.15, 0.2) is 6.29 Å². The molecule has 1 atom stereocenters. The maximum absolute atomic E-state index is 8.75. The smallest absolute Gasteiger partial charge is 0.151 e. The van der Waals surface area contributed by atoms with E-state index in [1.165, 1.54) is 64.2 Å². The molecule has 0 aliphatic heterocycles. The van der Waals surface area contributed by atoms with E-state index in [1.807, 2.05) is 0 Å². The quantitative estimate of drug-likeness (QED) is 0.247. The molecule has 0 bridgehead atoms. The van der Waals surface area contributed by atoms with Crippen LogP contribution in [0.15, 0.2) is 0 Å². The van der Waals surface area contributed by atoms with Gasteiger partial charge in [-0.3, -0.25) is 0 Å². The summed E-state index contributed by atoms with van der Waals surface area (Å²) in [6.07, 6.45) is 14.7. The van der Waals surface area contributed by atoms with Crippen molar-refractivity contribution in [3.63, 3.8) is 0 Å². The first-order chi connectivity index (χ1) is 9.16. The number of aliphatic hydroxyl groups is 2. The highest BCUT2D eigenvalue weighted by Gasteiger charge is 2.04. The number of hydrogen-bond acceptors (Lipinski definition) is 3. The van der Waals surface area contributed by atoms with Crippen molar-refractivity contribution < 1.29 is 10.2 Å². The van der Waals surface area contributed by atoms with Gasteiger partial charge in [-0.1, -0.05) is 64.7 Å². The summed E-state index contributed by atoms with van der Waals surface area (Å²) in [5, 5.41) is 17.9. The normalized spacial score (nSPS) is 13.1. The highest BCUT2D eigenvalue weighted by atomic mass is 32.1. The van der Waals surface area contributed by atoms with Crippen LogP contribution in [0.4, 0.5) is 0 Å². The average Bonchev–Trinajstić information content (AvgIpc) is 2.36. The lowest BCUT2D eigenvalue weighted by Crippen LogP contribution is -2.06. The Bertz CT molecular complexity index is 174. The molecule has 0 aromatic heterocycles. The number of unbranched alkanes of at least 4 members (excludes halogenated alkanes) is 8. The molecule has 0 aliphatic carbocycles. The van der Waals surface area contributed by atoms with Crippen LogP contribution in [0.3, 0.4) is 0 Å². The van der Waals surface area contributed by atoms with E-state index in [2.05, 4.69) is 19.6 Å². The van der Waals surface area contributed by atoms with Gasteiger partial charge in [0, 0.05) is 5.25 Å². The summed E-state index contributed by atoms with van der Waals surface area (Å²) in [6.45, 7) is 2.26. The van der Waals surface area contributed by atoms with Crippen molar-refractivity contribution in [2.45, 2.75) is 102 Å². The van der Waals surface area contributed by atoms with E-state index in [1.54, 1.807) is 0 Å². The SMILES string of the molecule is CCCCCCCCCCCC(S)CCCC(O)O. The van der Waals surface area contributed by atoms with Crippen LogP contribution < -0.4 is 0 Å². The van der Waals surface area contributed by atoms with Crippen molar-refractivity contribution in [1.29, 1.82) is 0 Å². The Morgan fingerprint density at radius 1 is 0.684 bits per heavy atom. The first-order valence-electron chi connectivity index (χ1n) is 8.21. The van der Waals surface area contributed by atoms with Crippen molar-refractivity contribution >= 4 is 12.6 Å². The predicted molar refractivity (Wildman–Crippen MR) is 86.7 cm³/mol. The van der Waals surface area contributed by atoms with Gasteiger partial charge in [0.05, 0.1) is 0 Å². The molecule has 0 saturated heterocycles. The highest BCUT2D eigenvalue weighted by molar-refractivity contribution is 7.80. The Balaban J connectivity index is 3.12. The van der Waals surface area contributed by atoms with Crippen molar-refractivity contribution in [1.82, 2.24) is 0 Å². The van der Waals surface area contributed by atoms with Crippen LogP contribution in [0.5, 0.6) is 0 Å². The van der Waals surface area contributed by atoms with E-state index in [0.29, 0.717) is 11.7 Å². The summed E-state index contributed by atoms with van der Waals surface area (Å²) in [5.74, 6) is 0. The second-order valence-corrected chi connectivity index (χ2v) is 6.41. The molecular formula is C16H34O2S. The van der Waals surface area contributed by atoms with Gasteiger partial charge < -0.3 is 10.2 Å². The van der Waals surface area contributed by atoms with Crippen LogP contribution in [0.2, 0.25) is 0 Å². The van der Waals surface area contributed by atoms with Crippen LogP contribution in [0, 0.1) is 0 Å². The maximum atomic E-state index is 8.75. The van der Waals surface area contributed by atoms with Crippen molar-refractivity contribution in [2.75, 3.05) is 0 Å². The maximum Gasteiger partial charge on any atom is 0.151 e. The average molecular weight is 291 g/mol. The molecule has 0 amide bonds. The van der Waals surface area contributed by atoms with Crippen LogP contribution in [0.1, 0.15) is 90.4 Å². The minimum atomic E-state index is -1.15. The van der Waals surface area contributed by atoms with Crippen molar-refractivity contribution in [3.8, 4) is 0 Å². The molecule has 2 nitrogen and oxygen atoms in total. The van der Waals surface area contributed by atoms with Crippen LogP contribution in [-0.2, 0) is 0 Å². The van der Waals surface area contributed by atoms with E-state index in [4.69, 9.17) is 10.2 Å². The molecule has 19 heavy (non-hydrogen) atoms. The first-order valence-corrected chi connectivity index (χ1v) is 8.72. The summed E-state index contributed by atoms with van der Waals surface area (Å²) in [6, 6.07) is 0. The zero-order valence-electron chi connectivity index (χ0n) is 12.7. The minimum Gasteiger partial charge on any atom is -0.368 e. The molecule has 0 radical (unpaired) electrons. The molecule has 0 aromatic rings. The van der Waals surface area contributed by atoms with E-state index in [9.17, 15) is 0 Å². The number of thiol groups is 1. The monoisotopic (exact) mass is 290 g/mol. The molecule has 0 aromatic carbocycles. The molecule has 116 valence electrons. The standard InChI is InChI=1S/C16H34O2S/c1-2-3-4-5-6-7-8-9-10-12-15(19)13-11-14-16(17)18/h15-19H,2-14H2,1H3. The second-order valence-electron chi connectivity index (χ2n) is 5.68. The summed E-state index contributed by atoms with van der Waals surface area (Å²) in [7, 11) is 0. The van der Waals surface area contributed by atoms with Gasteiger partial charge >= 0.3 is 0 Å². The van der Waals surface area contributed by atoms with Crippen molar-refractivity contribution in [3.05, 3.63) is 0 Å². The molecule has 3 heteroatoms. The third-order valence-corrected chi connectivity index (χ3v) is 4.16. The van der Waals surface area contributed by atoms with E-state index < -0.39 is 6.29 Å². The van der Waals surface area contributed by atoms with Crippen LogP contribution in [-0.4, -0.2) is 21.8 Å². The molecule has 0 spiro atoms. The van der Waals surface area contributed by atoms with Gasteiger partial charge in [0.25, 0.3) is 0 Å². The molecular weight excluding hydrogens is 256 g/mol. The lowest BCUT2D eigenvalue weighted by molar-refractivity contribution is -0.0465. The minimum absolute atomic E-state index is 0.434. The second kappa shape index (κ2) is 14.7. The summed E-state index contributed by atoms with van der Waals surface area (Å²) < 4.78 is 0. The Morgan fingerprint density at radius 3 is 1.68 bits per heavy atom. The van der Waals surface area contributed by atoms with Crippen LogP contribution >= 0.6 is 12.6 Å².